The van der Waals surface area contributed by atoms with Crippen LogP contribution >= 0.6 is 11.6 Å². The molecule has 0 spiro atoms. The van der Waals surface area contributed by atoms with E-state index >= 15 is 0 Å². The molecule has 0 aliphatic heterocycles. The van der Waals surface area contributed by atoms with Crippen LogP contribution in [-0.2, 0) is 6.42 Å². The minimum atomic E-state index is -5.53. The van der Waals surface area contributed by atoms with Gasteiger partial charge in [-0.15, -0.1) is 0 Å². The second-order valence-corrected chi connectivity index (χ2v) is 4.58. The second kappa shape index (κ2) is 5.77. The number of rotatable bonds is 3. The molecule has 1 nitrogen and oxygen atoms in total. The van der Waals surface area contributed by atoms with Gasteiger partial charge in [-0.1, -0.05) is 17.7 Å². The van der Waals surface area contributed by atoms with E-state index in [2.05, 4.69) is 0 Å². The second-order valence-electron chi connectivity index (χ2n) is 4.18. The Hall–Kier alpha value is -1.02. The molecule has 0 saturated heterocycles. The Labute approximate surface area is 114 Å². The van der Waals surface area contributed by atoms with Crippen molar-refractivity contribution in [2.75, 3.05) is 0 Å². The van der Waals surface area contributed by atoms with Gasteiger partial charge in [-0.3, -0.25) is 0 Å². The van der Waals surface area contributed by atoms with Crippen LogP contribution in [0.1, 0.15) is 5.56 Å². The summed E-state index contributed by atoms with van der Waals surface area (Å²) in [5.74, 6) is -4.61. The summed E-state index contributed by atoms with van der Waals surface area (Å²) in [6.07, 6.45) is -11.8. The number of benzene rings is 1. The van der Waals surface area contributed by atoms with Crippen LogP contribution in [0.4, 0.5) is 30.7 Å². The first-order chi connectivity index (χ1) is 8.93. The van der Waals surface area contributed by atoms with Gasteiger partial charge in [0.2, 0.25) is 0 Å². The number of hydrogen-bond donors (Lipinski definition) is 1. The quantitative estimate of drug-likeness (QED) is 0.833. The van der Waals surface area contributed by atoms with Gasteiger partial charge >= 0.3 is 12.4 Å². The molecule has 9 heteroatoms. The van der Waals surface area contributed by atoms with E-state index in [0.717, 1.165) is 18.2 Å². The third-order valence-corrected chi connectivity index (χ3v) is 2.90. The van der Waals surface area contributed by atoms with Crippen LogP contribution in [0.3, 0.4) is 0 Å². The SMILES string of the molecule is NC(Cc1ccc(Cl)c(F)c1)C(C(F)(F)F)C(F)(F)F. The highest BCUT2D eigenvalue weighted by Crippen LogP contribution is 2.41. The molecule has 114 valence electrons. The topological polar surface area (TPSA) is 26.0 Å². The Morgan fingerprint density at radius 3 is 1.95 bits per heavy atom. The minimum Gasteiger partial charge on any atom is -0.327 e. The van der Waals surface area contributed by atoms with E-state index in [-0.39, 0.29) is 10.6 Å². The molecule has 1 aromatic carbocycles. The molecular formula is C11H9ClF7N. The first-order valence-corrected chi connectivity index (χ1v) is 5.63. The summed E-state index contributed by atoms with van der Waals surface area (Å²) in [6.45, 7) is 0. The Balaban J connectivity index is 2.97. The van der Waals surface area contributed by atoms with E-state index in [4.69, 9.17) is 17.3 Å². The van der Waals surface area contributed by atoms with Crippen LogP contribution in [0.2, 0.25) is 5.02 Å². The molecule has 0 aliphatic rings. The molecule has 1 atom stereocenters. The molecule has 0 heterocycles. The lowest BCUT2D eigenvalue weighted by atomic mass is 9.93. The zero-order valence-corrected chi connectivity index (χ0v) is 10.5. The van der Waals surface area contributed by atoms with Crippen molar-refractivity contribution in [3.05, 3.63) is 34.6 Å². The van der Waals surface area contributed by atoms with Crippen molar-refractivity contribution in [3.63, 3.8) is 0 Å². The Morgan fingerprint density at radius 2 is 1.55 bits per heavy atom. The smallest absolute Gasteiger partial charge is 0.327 e. The first kappa shape index (κ1) is 17.0. The molecule has 0 bridgehead atoms. The summed E-state index contributed by atoms with van der Waals surface area (Å²) >= 11 is 5.36. The summed E-state index contributed by atoms with van der Waals surface area (Å²) in [5.41, 5.74) is 4.92. The average molecular weight is 324 g/mol. The van der Waals surface area contributed by atoms with Gasteiger partial charge in [0.25, 0.3) is 0 Å². The molecule has 20 heavy (non-hydrogen) atoms. The van der Waals surface area contributed by atoms with Gasteiger partial charge in [-0.2, -0.15) is 26.3 Å². The predicted molar refractivity (Wildman–Crippen MR) is 58.7 cm³/mol. The van der Waals surface area contributed by atoms with Crippen molar-refractivity contribution in [1.29, 1.82) is 0 Å². The summed E-state index contributed by atoms with van der Waals surface area (Å²) < 4.78 is 87.6. The van der Waals surface area contributed by atoms with Gasteiger partial charge in [0.15, 0.2) is 5.92 Å². The maximum Gasteiger partial charge on any atom is 0.402 e. The zero-order chi connectivity index (χ0) is 15.7. The molecule has 0 amide bonds. The van der Waals surface area contributed by atoms with Crippen molar-refractivity contribution in [2.24, 2.45) is 11.7 Å². The molecule has 0 aliphatic carbocycles. The van der Waals surface area contributed by atoms with Crippen molar-refractivity contribution < 1.29 is 30.7 Å². The lowest BCUT2D eigenvalue weighted by Gasteiger charge is -2.28. The van der Waals surface area contributed by atoms with E-state index in [9.17, 15) is 30.7 Å². The summed E-state index contributed by atoms with van der Waals surface area (Å²) in [7, 11) is 0. The van der Waals surface area contributed by atoms with Gasteiger partial charge in [-0.25, -0.2) is 4.39 Å². The van der Waals surface area contributed by atoms with Crippen LogP contribution in [0.15, 0.2) is 18.2 Å². The first-order valence-electron chi connectivity index (χ1n) is 5.26. The Kier molecular flexibility index (Phi) is 4.91. The minimum absolute atomic E-state index is 0.0992. The van der Waals surface area contributed by atoms with Crippen molar-refractivity contribution in [2.45, 2.75) is 24.8 Å². The molecule has 2 N–H and O–H groups in total. The van der Waals surface area contributed by atoms with Gasteiger partial charge in [0.05, 0.1) is 5.02 Å². The largest absolute Gasteiger partial charge is 0.402 e. The van der Waals surface area contributed by atoms with E-state index in [1.54, 1.807) is 0 Å². The standard InChI is InChI=1S/C11H9ClF7N/c12-6-2-1-5(3-7(6)13)4-8(20)9(10(14,15)16)11(17,18)19/h1-3,8-9H,4,20H2. The number of nitrogens with two attached hydrogens (primary N) is 1. The fraction of sp³-hybridized carbons (Fsp3) is 0.455. The summed E-state index contributed by atoms with van der Waals surface area (Å²) in [4.78, 5) is 0. The molecule has 1 aromatic rings. The van der Waals surface area contributed by atoms with Gasteiger partial charge in [-0.05, 0) is 24.1 Å². The molecular weight excluding hydrogens is 315 g/mol. The molecule has 0 fully saturated rings. The number of hydrogen-bond acceptors (Lipinski definition) is 1. The maximum absolute atomic E-state index is 13.1. The highest BCUT2D eigenvalue weighted by molar-refractivity contribution is 6.30. The summed E-state index contributed by atoms with van der Waals surface area (Å²) in [6, 6.07) is 0.645. The number of halogens is 8. The molecule has 0 saturated carbocycles. The van der Waals surface area contributed by atoms with Gasteiger partial charge in [0.1, 0.15) is 5.82 Å². The van der Waals surface area contributed by atoms with Gasteiger partial charge < -0.3 is 5.73 Å². The molecule has 0 radical (unpaired) electrons. The van der Waals surface area contributed by atoms with Crippen LogP contribution in [0.5, 0.6) is 0 Å². The third kappa shape index (κ3) is 4.24. The average Bonchev–Trinajstić information content (AvgIpc) is 2.18. The van der Waals surface area contributed by atoms with E-state index in [0.29, 0.717) is 0 Å². The third-order valence-electron chi connectivity index (χ3n) is 2.59. The highest BCUT2D eigenvalue weighted by atomic mass is 35.5. The Bertz CT molecular complexity index is 455. The van der Waals surface area contributed by atoms with Crippen molar-refractivity contribution in [1.82, 2.24) is 0 Å². The Morgan fingerprint density at radius 1 is 1.05 bits per heavy atom. The molecule has 1 rings (SSSR count). The van der Waals surface area contributed by atoms with Crippen LogP contribution in [-0.4, -0.2) is 18.4 Å². The zero-order valence-electron chi connectivity index (χ0n) is 9.69. The van der Waals surface area contributed by atoms with Crippen molar-refractivity contribution >= 4 is 11.6 Å². The fourth-order valence-corrected chi connectivity index (χ4v) is 1.85. The molecule has 0 aromatic heterocycles. The van der Waals surface area contributed by atoms with Crippen LogP contribution in [0, 0.1) is 11.7 Å². The molecule has 1 unspecified atom stereocenters. The van der Waals surface area contributed by atoms with Gasteiger partial charge in [0, 0.05) is 6.04 Å². The lowest BCUT2D eigenvalue weighted by molar-refractivity contribution is -0.289. The maximum atomic E-state index is 13.1. The highest BCUT2D eigenvalue weighted by Gasteiger charge is 2.59. The van der Waals surface area contributed by atoms with Crippen molar-refractivity contribution in [3.8, 4) is 0 Å². The normalized spacial score (nSPS) is 14.7. The summed E-state index contributed by atoms with van der Waals surface area (Å²) in [5, 5.41) is -0.287. The lowest BCUT2D eigenvalue weighted by Crippen LogP contribution is -2.49. The van der Waals surface area contributed by atoms with Crippen LogP contribution in [0.25, 0.3) is 0 Å². The van der Waals surface area contributed by atoms with E-state index in [1.165, 1.54) is 0 Å². The van der Waals surface area contributed by atoms with E-state index < -0.39 is 36.6 Å². The number of alkyl halides is 6. The fourth-order valence-electron chi connectivity index (χ4n) is 1.73. The monoisotopic (exact) mass is 323 g/mol. The predicted octanol–water partition coefficient (Wildman–Crippen LogP) is 4.09. The van der Waals surface area contributed by atoms with E-state index in [1.807, 2.05) is 0 Å². The van der Waals surface area contributed by atoms with Crippen LogP contribution < -0.4 is 5.73 Å².